The maximum absolute atomic E-state index is 9.15. The zero-order chi connectivity index (χ0) is 46.4. The van der Waals surface area contributed by atoms with Gasteiger partial charge in [-0.15, -0.1) is 0 Å². The average molecular weight is 969 g/mol. The third kappa shape index (κ3) is 8.62. The number of hydrogen-bond acceptors (Lipinski definition) is 0. The summed E-state index contributed by atoms with van der Waals surface area (Å²) in [5.74, 6) is 0.511. The molecule has 2 atom stereocenters. The summed E-state index contributed by atoms with van der Waals surface area (Å²) in [4.78, 5) is 0. The first kappa shape index (κ1) is 49.5. The average Bonchev–Trinajstić information content (AvgIpc) is 3.77. The molecule has 62 heavy (non-hydrogen) atoms. The van der Waals surface area contributed by atoms with Gasteiger partial charge in [0.1, 0.15) is 0 Å². The third-order valence-electron chi connectivity index (χ3n) is 14.8. The van der Waals surface area contributed by atoms with Crippen molar-refractivity contribution in [2.45, 2.75) is 179 Å². The molecule has 0 N–H and O–H groups in total. The first-order valence-corrected chi connectivity index (χ1v) is 40.5. The van der Waals surface area contributed by atoms with E-state index in [1.54, 1.807) is 0 Å². The molecule has 0 saturated carbocycles. The first-order chi connectivity index (χ1) is 28.5. The van der Waals surface area contributed by atoms with Crippen molar-refractivity contribution >= 4 is 35.1 Å². The molecular weight excluding hydrogens is 887 g/mol. The van der Waals surface area contributed by atoms with Gasteiger partial charge in [-0.1, -0.05) is 0 Å². The van der Waals surface area contributed by atoms with Crippen LogP contribution in [0.4, 0.5) is 0 Å². The summed E-state index contributed by atoms with van der Waals surface area (Å²) in [5.41, 5.74) is 22.1. The number of fused-ring (bicyclic) bond motifs is 2. The summed E-state index contributed by atoms with van der Waals surface area (Å²) >= 11 is -5.15. The van der Waals surface area contributed by atoms with Crippen molar-refractivity contribution in [2.75, 3.05) is 0 Å². The number of halogens is 2. The number of rotatable bonds is 11. The van der Waals surface area contributed by atoms with Gasteiger partial charge in [-0.2, -0.15) is 0 Å². The van der Waals surface area contributed by atoms with E-state index in [9.17, 15) is 0 Å². The van der Waals surface area contributed by atoms with E-state index in [2.05, 4.69) is 211 Å². The summed E-state index contributed by atoms with van der Waals surface area (Å²) in [6.07, 6.45) is 5.18. The number of benzene rings is 4. The van der Waals surface area contributed by atoms with Crippen molar-refractivity contribution < 1.29 is 15.6 Å². The molecule has 0 nitrogen and oxygen atoms in total. The molecule has 4 heteroatoms. The standard InChI is InChI=1S/2C28H37.C2H7Si.2ClH.Zr/c2*1-17(2)21-13-22(18(3)4)15-24(14-21)27-25-16-23(19(5)6)12-20(25)10-11-26(27)28(7,8)9;1-3-2;;;/h2*10-19H,1-9H3;3H,1-2H3;2*1H;/q;;;;;+2/p-2. The van der Waals surface area contributed by atoms with E-state index in [4.69, 9.17) is 17.0 Å². The summed E-state index contributed by atoms with van der Waals surface area (Å²) in [6.45, 7) is 47.5. The van der Waals surface area contributed by atoms with Crippen molar-refractivity contribution in [3.8, 4) is 22.3 Å². The fraction of sp³-hybridized carbons (Fsp3) is 0.517. The van der Waals surface area contributed by atoms with Crippen LogP contribution in [0.1, 0.15) is 211 Å². The molecule has 0 amide bonds. The van der Waals surface area contributed by atoms with Gasteiger partial charge in [0.2, 0.25) is 0 Å². The van der Waals surface area contributed by atoms with Crippen LogP contribution in [0.15, 0.2) is 71.8 Å². The zero-order valence-corrected chi connectivity index (χ0v) is 47.5. The third-order valence-corrected chi connectivity index (χ3v) is 66.5. The van der Waals surface area contributed by atoms with Crippen molar-refractivity contribution in [2.24, 2.45) is 11.8 Å². The van der Waals surface area contributed by atoms with Crippen molar-refractivity contribution in [3.05, 3.63) is 127 Å². The van der Waals surface area contributed by atoms with Crippen LogP contribution in [0.3, 0.4) is 0 Å². The monoisotopic (exact) mass is 965 g/mol. The topological polar surface area (TPSA) is 0 Å². The van der Waals surface area contributed by atoms with E-state index >= 15 is 0 Å². The van der Waals surface area contributed by atoms with Crippen LogP contribution >= 0.6 is 17.0 Å². The minimum absolute atomic E-state index is 0.0210. The zero-order valence-electron chi connectivity index (χ0n) is 42.4. The molecule has 0 aromatic heterocycles. The fourth-order valence-corrected chi connectivity index (χ4v) is 42.3. The van der Waals surface area contributed by atoms with Crippen molar-refractivity contribution in [1.82, 2.24) is 0 Å². The quantitative estimate of drug-likeness (QED) is 0.131. The fourth-order valence-electron chi connectivity index (χ4n) is 10.9. The molecule has 2 aliphatic carbocycles. The molecular formula is C58H81Cl2SiZr. The van der Waals surface area contributed by atoms with Crippen LogP contribution in [0, 0.1) is 11.8 Å². The Kier molecular flexibility index (Phi) is 13.9. The second-order valence-corrected chi connectivity index (χ2v) is 66.2. The molecule has 2 aliphatic rings. The molecule has 335 valence electrons. The molecule has 0 heterocycles. The second-order valence-electron chi connectivity index (χ2n) is 23.7. The van der Waals surface area contributed by atoms with Crippen LogP contribution in [0.5, 0.6) is 0 Å². The summed E-state index contributed by atoms with van der Waals surface area (Å²) in [6, 6.07) is 24.7. The predicted molar refractivity (Wildman–Crippen MR) is 279 cm³/mol. The minimum atomic E-state index is -5.15. The molecule has 0 aliphatic heterocycles. The Labute approximate surface area is 388 Å². The second kappa shape index (κ2) is 17.4. The van der Waals surface area contributed by atoms with Crippen molar-refractivity contribution in [3.63, 3.8) is 0 Å². The molecule has 0 bridgehead atoms. The van der Waals surface area contributed by atoms with E-state index < -0.39 is 21.5 Å². The van der Waals surface area contributed by atoms with E-state index in [1.807, 2.05) is 0 Å². The van der Waals surface area contributed by atoms with E-state index in [1.165, 1.54) is 89.0 Å². The van der Waals surface area contributed by atoms with Crippen LogP contribution < -0.4 is 0 Å². The van der Waals surface area contributed by atoms with Crippen molar-refractivity contribution in [1.29, 1.82) is 0 Å². The first-order valence-electron chi connectivity index (χ1n) is 24.2. The molecule has 2 unspecified atom stereocenters. The summed E-state index contributed by atoms with van der Waals surface area (Å²) in [5, 5.41) is 0. The van der Waals surface area contributed by atoms with Gasteiger partial charge in [0, 0.05) is 0 Å². The van der Waals surface area contributed by atoms with Crippen LogP contribution in [-0.2, 0) is 26.4 Å². The Bertz CT molecular complexity index is 2210. The molecule has 0 fully saturated rings. The predicted octanol–water partition coefficient (Wildman–Crippen LogP) is 19.0. The van der Waals surface area contributed by atoms with Gasteiger partial charge in [-0.05, 0) is 0 Å². The molecule has 6 rings (SSSR count). The normalized spacial score (nSPS) is 17.8. The van der Waals surface area contributed by atoms with Crippen LogP contribution in [-0.4, -0.2) is 5.92 Å². The van der Waals surface area contributed by atoms with E-state index in [0.29, 0.717) is 35.5 Å². The van der Waals surface area contributed by atoms with Gasteiger partial charge in [0.25, 0.3) is 0 Å². The van der Waals surface area contributed by atoms with Crippen LogP contribution in [0.25, 0.3) is 34.4 Å². The molecule has 4 aromatic carbocycles. The SMILES string of the molecule is CC(C)C1=Cc2c(ccc(C(C)(C)C)c2-c2cc(C(C)C)cc(C(C)C)c2)[CH]1[Zr]([Cl])([Cl])([CH]1C(C(C)C)=Cc2c1ccc(C(C)(C)C)c2-c1cc(C(C)C)cc(C(C)C)c1)[SiH](C)C. The molecule has 0 spiro atoms. The maximum atomic E-state index is 9.15. The number of hydrogen-bond donors (Lipinski definition) is 0. The van der Waals surface area contributed by atoms with Gasteiger partial charge in [-0.25, -0.2) is 0 Å². The van der Waals surface area contributed by atoms with Gasteiger partial charge in [-0.3, -0.25) is 0 Å². The summed E-state index contributed by atoms with van der Waals surface area (Å²) < 4.78 is 0.0421. The summed E-state index contributed by atoms with van der Waals surface area (Å²) in [7, 11) is 18.3. The van der Waals surface area contributed by atoms with E-state index in [0.717, 1.165) is 0 Å². The van der Waals surface area contributed by atoms with Gasteiger partial charge in [0.05, 0.1) is 0 Å². The van der Waals surface area contributed by atoms with Gasteiger partial charge in [0.15, 0.2) is 0 Å². The molecule has 0 saturated heterocycles. The Balaban J connectivity index is 1.73. The Morgan fingerprint density at radius 1 is 0.452 bits per heavy atom. The number of allylic oxidation sites excluding steroid dienone is 2. The Morgan fingerprint density at radius 2 is 0.742 bits per heavy atom. The van der Waals surface area contributed by atoms with Gasteiger partial charge >= 0.3 is 392 Å². The van der Waals surface area contributed by atoms with Gasteiger partial charge < -0.3 is 0 Å². The molecule has 0 radical (unpaired) electrons. The van der Waals surface area contributed by atoms with E-state index in [-0.39, 0.29) is 18.1 Å². The Hall–Kier alpha value is -1.96. The molecule has 4 aromatic rings. The van der Waals surface area contributed by atoms with Crippen LogP contribution in [0.2, 0.25) is 13.1 Å². The Morgan fingerprint density at radius 3 is 0.968 bits per heavy atom.